The van der Waals surface area contributed by atoms with Crippen LogP contribution in [0.4, 0.5) is 14.9 Å². The van der Waals surface area contributed by atoms with Gasteiger partial charge in [-0.2, -0.15) is 5.26 Å². The van der Waals surface area contributed by atoms with Gasteiger partial charge in [0.05, 0.1) is 11.3 Å². The average molecular weight is 315 g/mol. The summed E-state index contributed by atoms with van der Waals surface area (Å²) in [5.41, 5.74) is -0.554. The molecule has 0 aliphatic carbocycles. The van der Waals surface area contributed by atoms with Crippen LogP contribution >= 0.6 is 15.9 Å². The zero-order valence-corrected chi connectivity index (χ0v) is 11.8. The van der Waals surface area contributed by atoms with Gasteiger partial charge in [-0.3, -0.25) is 5.32 Å². The molecule has 1 amide bonds. The van der Waals surface area contributed by atoms with Crippen molar-refractivity contribution < 1.29 is 13.9 Å². The van der Waals surface area contributed by atoms with Crippen molar-refractivity contribution in [3.63, 3.8) is 0 Å². The van der Waals surface area contributed by atoms with Gasteiger partial charge in [-0.05, 0) is 48.8 Å². The van der Waals surface area contributed by atoms with E-state index in [4.69, 9.17) is 10.00 Å². The number of nitrogens with zero attached hydrogens (tertiary/aromatic N) is 1. The summed E-state index contributed by atoms with van der Waals surface area (Å²) in [4.78, 5) is 11.5. The predicted molar refractivity (Wildman–Crippen MR) is 68.7 cm³/mol. The maximum Gasteiger partial charge on any atom is 0.412 e. The molecule has 0 heterocycles. The normalized spacial score (nSPS) is 10.7. The van der Waals surface area contributed by atoms with E-state index in [0.717, 1.165) is 6.07 Å². The van der Waals surface area contributed by atoms with Crippen LogP contribution in [0, 0.1) is 17.1 Å². The Kier molecular flexibility index (Phi) is 4.30. The van der Waals surface area contributed by atoms with Crippen LogP contribution < -0.4 is 5.32 Å². The number of benzene rings is 1. The summed E-state index contributed by atoms with van der Waals surface area (Å²) in [6.45, 7) is 5.12. The molecule has 6 heteroatoms. The van der Waals surface area contributed by atoms with Crippen LogP contribution in [0.1, 0.15) is 26.3 Å². The van der Waals surface area contributed by atoms with Crippen molar-refractivity contribution in [2.24, 2.45) is 0 Å². The summed E-state index contributed by atoms with van der Waals surface area (Å²) >= 11 is 3.11. The SMILES string of the molecule is CC(C)(C)OC(=O)Nc1cc(Br)c(C#N)cc1F. The lowest BCUT2D eigenvalue weighted by molar-refractivity contribution is 0.0635. The molecule has 0 aliphatic rings. The lowest BCUT2D eigenvalue weighted by Gasteiger charge is -2.19. The van der Waals surface area contributed by atoms with E-state index in [1.807, 2.05) is 6.07 Å². The van der Waals surface area contributed by atoms with Crippen LogP contribution in [-0.2, 0) is 4.74 Å². The third-order valence-electron chi connectivity index (χ3n) is 1.81. The van der Waals surface area contributed by atoms with Crippen LogP contribution in [0.25, 0.3) is 0 Å². The largest absolute Gasteiger partial charge is 0.444 e. The Morgan fingerprint density at radius 3 is 2.61 bits per heavy atom. The summed E-state index contributed by atoms with van der Waals surface area (Å²) in [7, 11) is 0. The van der Waals surface area contributed by atoms with Crippen molar-refractivity contribution in [1.29, 1.82) is 5.26 Å². The second-order valence-electron chi connectivity index (χ2n) is 4.55. The Labute approximate surface area is 113 Å². The number of hydrogen-bond donors (Lipinski definition) is 1. The van der Waals surface area contributed by atoms with Crippen LogP contribution in [0.2, 0.25) is 0 Å². The molecule has 0 unspecified atom stereocenters. The van der Waals surface area contributed by atoms with Gasteiger partial charge in [0.15, 0.2) is 0 Å². The Morgan fingerprint density at radius 2 is 2.11 bits per heavy atom. The first-order valence-electron chi connectivity index (χ1n) is 5.12. The van der Waals surface area contributed by atoms with E-state index in [0.29, 0.717) is 4.47 Å². The van der Waals surface area contributed by atoms with Crippen molar-refractivity contribution in [1.82, 2.24) is 0 Å². The van der Waals surface area contributed by atoms with E-state index >= 15 is 0 Å². The molecular formula is C12H12BrFN2O2. The number of nitrogens with one attached hydrogen (secondary N) is 1. The van der Waals surface area contributed by atoms with Gasteiger partial charge in [0.1, 0.15) is 17.5 Å². The minimum absolute atomic E-state index is 0.0462. The van der Waals surface area contributed by atoms with Gasteiger partial charge >= 0.3 is 6.09 Å². The smallest absolute Gasteiger partial charge is 0.412 e. The standard InChI is InChI=1S/C12H12BrFN2O2/c1-12(2,3)18-11(17)16-10-5-8(13)7(6-15)4-9(10)14/h4-5H,1-3H3,(H,16,17). The molecule has 1 aromatic carbocycles. The number of amides is 1. The van der Waals surface area contributed by atoms with E-state index in [9.17, 15) is 9.18 Å². The summed E-state index contributed by atoms with van der Waals surface area (Å²) in [6, 6.07) is 4.18. The number of anilines is 1. The molecule has 4 nitrogen and oxygen atoms in total. The molecule has 0 bridgehead atoms. The summed E-state index contributed by atoms with van der Waals surface area (Å²) in [5.74, 6) is -0.694. The predicted octanol–water partition coefficient (Wildman–Crippen LogP) is 3.81. The highest BCUT2D eigenvalue weighted by atomic mass is 79.9. The van der Waals surface area contributed by atoms with Crippen molar-refractivity contribution in [2.75, 3.05) is 5.32 Å². The maximum absolute atomic E-state index is 13.6. The monoisotopic (exact) mass is 314 g/mol. The fourth-order valence-corrected chi connectivity index (χ4v) is 1.57. The fourth-order valence-electron chi connectivity index (χ4n) is 1.14. The van der Waals surface area contributed by atoms with Gasteiger partial charge in [-0.15, -0.1) is 0 Å². The van der Waals surface area contributed by atoms with Crippen LogP contribution in [0.15, 0.2) is 16.6 Å². The van der Waals surface area contributed by atoms with E-state index in [2.05, 4.69) is 21.2 Å². The fraction of sp³-hybridized carbons (Fsp3) is 0.333. The van der Waals surface area contributed by atoms with Gasteiger partial charge in [0, 0.05) is 4.47 Å². The van der Waals surface area contributed by atoms with Gasteiger partial charge in [-0.1, -0.05) is 0 Å². The minimum Gasteiger partial charge on any atom is -0.444 e. The molecule has 0 aromatic heterocycles. The highest BCUT2D eigenvalue weighted by molar-refractivity contribution is 9.10. The van der Waals surface area contributed by atoms with Crippen LogP contribution in [-0.4, -0.2) is 11.7 Å². The molecule has 0 saturated carbocycles. The molecule has 0 aliphatic heterocycles. The highest BCUT2D eigenvalue weighted by Crippen LogP contribution is 2.24. The minimum atomic E-state index is -0.752. The zero-order valence-electron chi connectivity index (χ0n) is 10.2. The quantitative estimate of drug-likeness (QED) is 0.857. The Balaban J connectivity index is 2.90. The summed E-state index contributed by atoms with van der Waals surface area (Å²) in [5, 5.41) is 11.0. The van der Waals surface area contributed by atoms with Gasteiger partial charge in [0.25, 0.3) is 0 Å². The first-order chi connectivity index (χ1) is 8.23. The molecular weight excluding hydrogens is 303 g/mol. The van der Waals surface area contributed by atoms with Crippen LogP contribution in [0.3, 0.4) is 0 Å². The van der Waals surface area contributed by atoms with E-state index in [1.165, 1.54) is 6.07 Å². The number of hydrogen-bond acceptors (Lipinski definition) is 3. The third kappa shape index (κ3) is 4.00. The number of nitriles is 1. The topological polar surface area (TPSA) is 62.1 Å². The van der Waals surface area contributed by atoms with E-state index in [-0.39, 0.29) is 11.3 Å². The Hall–Kier alpha value is -1.61. The highest BCUT2D eigenvalue weighted by Gasteiger charge is 2.18. The second kappa shape index (κ2) is 5.36. The second-order valence-corrected chi connectivity index (χ2v) is 5.40. The molecule has 1 rings (SSSR count). The maximum atomic E-state index is 13.6. The van der Waals surface area contributed by atoms with Crippen molar-refractivity contribution in [3.05, 3.63) is 28.0 Å². The number of ether oxygens (including phenoxy) is 1. The number of rotatable bonds is 1. The summed E-state index contributed by atoms with van der Waals surface area (Å²) in [6.07, 6.45) is -0.752. The van der Waals surface area contributed by atoms with Crippen LogP contribution in [0.5, 0.6) is 0 Å². The average Bonchev–Trinajstić information content (AvgIpc) is 2.20. The van der Waals surface area contributed by atoms with Crippen molar-refractivity contribution >= 4 is 27.7 Å². The molecule has 1 aromatic rings. The van der Waals surface area contributed by atoms with Gasteiger partial charge in [0.2, 0.25) is 0 Å². The van der Waals surface area contributed by atoms with E-state index < -0.39 is 17.5 Å². The zero-order chi connectivity index (χ0) is 13.9. The molecule has 0 fully saturated rings. The molecule has 1 N–H and O–H groups in total. The lowest BCUT2D eigenvalue weighted by Crippen LogP contribution is -2.27. The van der Waals surface area contributed by atoms with E-state index in [1.54, 1.807) is 20.8 Å². The first-order valence-corrected chi connectivity index (χ1v) is 5.91. The molecule has 18 heavy (non-hydrogen) atoms. The first kappa shape index (κ1) is 14.5. The number of carbonyl (C=O) groups excluding carboxylic acids is 1. The Morgan fingerprint density at radius 1 is 1.50 bits per heavy atom. The Bertz CT molecular complexity index is 518. The number of halogens is 2. The van der Waals surface area contributed by atoms with Gasteiger partial charge < -0.3 is 4.74 Å². The molecule has 0 saturated heterocycles. The molecule has 0 atom stereocenters. The van der Waals surface area contributed by atoms with Crippen molar-refractivity contribution in [2.45, 2.75) is 26.4 Å². The molecule has 0 radical (unpaired) electrons. The third-order valence-corrected chi connectivity index (χ3v) is 2.47. The number of carbonyl (C=O) groups is 1. The molecule has 0 spiro atoms. The lowest BCUT2D eigenvalue weighted by atomic mass is 10.2. The van der Waals surface area contributed by atoms with Gasteiger partial charge in [-0.25, -0.2) is 9.18 Å². The van der Waals surface area contributed by atoms with Crippen molar-refractivity contribution in [3.8, 4) is 6.07 Å². The summed E-state index contributed by atoms with van der Waals surface area (Å²) < 4.78 is 19.0. The molecule has 96 valence electrons.